The first kappa shape index (κ1) is 10.8. The minimum absolute atomic E-state index is 0.185. The van der Waals surface area contributed by atoms with Crippen molar-refractivity contribution in [3.63, 3.8) is 0 Å². The van der Waals surface area contributed by atoms with Gasteiger partial charge in [0.05, 0.1) is 18.8 Å². The molecule has 0 aliphatic heterocycles. The predicted octanol–water partition coefficient (Wildman–Crippen LogP) is -0.527. The third kappa shape index (κ3) is 6.25. The maximum atomic E-state index is 8.89. The SMILES string of the molecule is CC(O)CC(CO)OC(C)O. The maximum Gasteiger partial charge on any atom is 0.152 e. The van der Waals surface area contributed by atoms with E-state index in [0.29, 0.717) is 6.42 Å². The Labute approximate surface area is 66.4 Å². The molecule has 0 radical (unpaired) electrons. The van der Waals surface area contributed by atoms with Crippen molar-refractivity contribution < 1.29 is 20.1 Å². The Morgan fingerprint density at radius 1 is 1.27 bits per heavy atom. The van der Waals surface area contributed by atoms with Crippen LogP contribution in [0.4, 0.5) is 0 Å². The van der Waals surface area contributed by atoms with Gasteiger partial charge in [-0.25, -0.2) is 0 Å². The van der Waals surface area contributed by atoms with Crippen molar-refractivity contribution in [1.29, 1.82) is 0 Å². The van der Waals surface area contributed by atoms with Crippen LogP contribution in [0.15, 0.2) is 0 Å². The third-order valence-corrected chi connectivity index (χ3v) is 1.20. The van der Waals surface area contributed by atoms with Crippen LogP contribution in [-0.2, 0) is 4.74 Å². The van der Waals surface area contributed by atoms with Gasteiger partial charge in [-0.2, -0.15) is 0 Å². The molecule has 0 saturated heterocycles. The zero-order chi connectivity index (χ0) is 8.85. The fraction of sp³-hybridized carbons (Fsp3) is 1.00. The smallest absolute Gasteiger partial charge is 0.152 e. The molecule has 0 aliphatic rings. The van der Waals surface area contributed by atoms with Crippen molar-refractivity contribution in [2.75, 3.05) is 6.61 Å². The van der Waals surface area contributed by atoms with E-state index in [-0.39, 0.29) is 6.61 Å². The van der Waals surface area contributed by atoms with Crippen LogP contribution >= 0.6 is 0 Å². The number of hydrogen-bond donors (Lipinski definition) is 3. The normalized spacial score (nSPS) is 19.4. The van der Waals surface area contributed by atoms with Crippen molar-refractivity contribution in [3.05, 3.63) is 0 Å². The first-order valence-electron chi connectivity index (χ1n) is 3.68. The van der Waals surface area contributed by atoms with Gasteiger partial charge in [0, 0.05) is 6.42 Å². The molecule has 3 N–H and O–H groups in total. The van der Waals surface area contributed by atoms with Gasteiger partial charge in [0.2, 0.25) is 0 Å². The summed E-state index contributed by atoms with van der Waals surface area (Å²) in [6.45, 7) is 2.88. The second kappa shape index (κ2) is 5.49. The standard InChI is InChI=1S/C7H16O4/c1-5(9)3-7(4-8)11-6(2)10/h5-10H,3-4H2,1-2H3. The minimum Gasteiger partial charge on any atom is -0.394 e. The quantitative estimate of drug-likeness (QED) is 0.478. The molecule has 4 nitrogen and oxygen atoms in total. The Morgan fingerprint density at radius 3 is 2.09 bits per heavy atom. The van der Waals surface area contributed by atoms with Crippen LogP contribution in [0.25, 0.3) is 0 Å². The molecule has 4 heteroatoms. The maximum absolute atomic E-state index is 8.89. The molecule has 11 heavy (non-hydrogen) atoms. The molecule has 0 rings (SSSR count). The van der Waals surface area contributed by atoms with Crippen LogP contribution in [0.3, 0.4) is 0 Å². The lowest BCUT2D eigenvalue weighted by atomic mass is 10.2. The lowest BCUT2D eigenvalue weighted by Gasteiger charge is -2.18. The summed E-state index contributed by atoms with van der Waals surface area (Å²) in [6, 6.07) is 0. The summed E-state index contributed by atoms with van der Waals surface area (Å²) in [6.07, 6.45) is -1.56. The van der Waals surface area contributed by atoms with Crippen LogP contribution in [0, 0.1) is 0 Å². The molecule has 68 valence electrons. The first-order valence-corrected chi connectivity index (χ1v) is 3.68. The second-order valence-corrected chi connectivity index (χ2v) is 2.62. The van der Waals surface area contributed by atoms with Gasteiger partial charge in [-0.3, -0.25) is 0 Å². The molecule has 0 bridgehead atoms. The van der Waals surface area contributed by atoms with Gasteiger partial charge >= 0.3 is 0 Å². The number of rotatable bonds is 5. The zero-order valence-electron chi connectivity index (χ0n) is 6.90. The molecule has 3 atom stereocenters. The summed E-state index contributed by atoms with van der Waals surface area (Å²) in [4.78, 5) is 0. The molecule has 0 aliphatic carbocycles. The highest BCUT2D eigenvalue weighted by molar-refractivity contribution is 4.60. The molecular formula is C7H16O4. The van der Waals surface area contributed by atoms with Crippen LogP contribution in [0.5, 0.6) is 0 Å². The Bertz CT molecular complexity index is 82.4. The van der Waals surface area contributed by atoms with Crippen LogP contribution in [0.2, 0.25) is 0 Å². The average Bonchev–Trinajstić information content (AvgIpc) is 1.84. The highest BCUT2D eigenvalue weighted by atomic mass is 16.6. The highest BCUT2D eigenvalue weighted by Gasteiger charge is 2.12. The summed E-state index contributed by atoms with van der Waals surface area (Å²) < 4.78 is 4.86. The summed E-state index contributed by atoms with van der Waals surface area (Å²) >= 11 is 0. The van der Waals surface area contributed by atoms with E-state index in [1.807, 2.05) is 0 Å². The summed E-state index contributed by atoms with van der Waals surface area (Å²) in [5.74, 6) is 0. The molecule has 0 fully saturated rings. The Kier molecular flexibility index (Phi) is 5.41. The molecule has 0 saturated carbocycles. The van der Waals surface area contributed by atoms with Gasteiger partial charge in [-0.15, -0.1) is 0 Å². The molecule has 0 spiro atoms. The largest absolute Gasteiger partial charge is 0.394 e. The first-order chi connectivity index (χ1) is 5.06. The van der Waals surface area contributed by atoms with E-state index in [9.17, 15) is 0 Å². The van der Waals surface area contributed by atoms with E-state index in [0.717, 1.165) is 0 Å². The van der Waals surface area contributed by atoms with Crippen molar-refractivity contribution in [2.45, 2.75) is 38.8 Å². The van der Waals surface area contributed by atoms with Crippen LogP contribution < -0.4 is 0 Å². The Hall–Kier alpha value is -0.160. The van der Waals surface area contributed by atoms with Crippen molar-refractivity contribution in [2.24, 2.45) is 0 Å². The molecule has 0 aromatic rings. The van der Waals surface area contributed by atoms with E-state index >= 15 is 0 Å². The lowest BCUT2D eigenvalue weighted by Crippen LogP contribution is -2.26. The highest BCUT2D eigenvalue weighted by Crippen LogP contribution is 2.03. The fourth-order valence-corrected chi connectivity index (χ4v) is 0.832. The van der Waals surface area contributed by atoms with Crippen LogP contribution in [-0.4, -0.2) is 40.4 Å². The van der Waals surface area contributed by atoms with Crippen LogP contribution in [0.1, 0.15) is 20.3 Å². The van der Waals surface area contributed by atoms with Gasteiger partial charge < -0.3 is 20.1 Å². The van der Waals surface area contributed by atoms with Crippen molar-refractivity contribution in [3.8, 4) is 0 Å². The number of aliphatic hydroxyl groups is 3. The molecule has 0 aromatic carbocycles. The second-order valence-electron chi connectivity index (χ2n) is 2.62. The topological polar surface area (TPSA) is 69.9 Å². The Balaban J connectivity index is 3.58. The number of ether oxygens (including phenoxy) is 1. The molecular weight excluding hydrogens is 148 g/mol. The van der Waals surface area contributed by atoms with E-state index in [1.165, 1.54) is 6.92 Å². The summed E-state index contributed by atoms with van der Waals surface area (Å²) in [5.41, 5.74) is 0. The van der Waals surface area contributed by atoms with Gasteiger partial charge in [0.25, 0.3) is 0 Å². The molecule has 0 heterocycles. The monoisotopic (exact) mass is 164 g/mol. The fourth-order valence-electron chi connectivity index (χ4n) is 0.832. The van der Waals surface area contributed by atoms with E-state index in [1.54, 1.807) is 6.92 Å². The molecule has 0 amide bonds. The van der Waals surface area contributed by atoms with Gasteiger partial charge in [0.15, 0.2) is 6.29 Å². The van der Waals surface area contributed by atoms with Gasteiger partial charge in [-0.05, 0) is 13.8 Å². The van der Waals surface area contributed by atoms with E-state index in [4.69, 9.17) is 20.1 Å². The summed E-state index contributed by atoms with van der Waals surface area (Å²) in [7, 11) is 0. The molecule has 0 aromatic heterocycles. The molecule has 3 unspecified atom stereocenters. The average molecular weight is 164 g/mol. The Morgan fingerprint density at radius 2 is 1.82 bits per heavy atom. The minimum atomic E-state index is -0.897. The van der Waals surface area contributed by atoms with E-state index in [2.05, 4.69) is 0 Å². The van der Waals surface area contributed by atoms with Crippen molar-refractivity contribution >= 4 is 0 Å². The zero-order valence-corrected chi connectivity index (χ0v) is 6.90. The number of aliphatic hydroxyl groups excluding tert-OH is 3. The number of hydrogen-bond acceptors (Lipinski definition) is 4. The summed E-state index contributed by atoms with van der Waals surface area (Å²) in [5, 5.41) is 26.3. The lowest BCUT2D eigenvalue weighted by molar-refractivity contribution is -0.143. The third-order valence-electron chi connectivity index (χ3n) is 1.20. The predicted molar refractivity (Wildman–Crippen MR) is 39.9 cm³/mol. The van der Waals surface area contributed by atoms with Gasteiger partial charge in [-0.1, -0.05) is 0 Å². The van der Waals surface area contributed by atoms with E-state index < -0.39 is 18.5 Å². The van der Waals surface area contributed by atoms with Gasteiger partial charge in [0.1, 0.15) is 0 Å². The van der Waals surface area contributed by atoms with Crippen molar-refractivity contribution in [1.82, 2.24) is 0 Å².